The molecule has 0 unspecified atom stereocenters. The second-order valence-electron chi connectivity index (χ2n) is 9.11. The molecule has 1 saturated heterocycles. The maximum atomic E-state index is 13.1. The monoisotopic (exact) mass is 505 g/mol. The van der Waals surface area contributed by atoms with Gasteiger partial charge in [0.15, 0.2) is 0 Å². The number of rotatable bonds is 12. The van der Waals surface area contributed by atoms with Gasteiger partial charge in [-0.05, 0) is 36.5 Å². The maximum Gasteiger partial charge on any atom is 0.326 e. The van der Waals surface area contributed by atoms with E-state index in [1.807, 2.05) is 6.92 Å². The number of phenolic OH excluding ortho intramolecular Hbond substituents is 1. The summed E-state index contributed by atoms with van der Waals surface area (Å²) in [5, 5.41) is 24.2. The minimum Gasteiger partial charge on any atom is -0.508 e. The van der Waals surface area contributed by atoms with Crippen molar-refractivity contribution in [2.45, 2.75) is 70.1 Å². The quantitative estimate of drug-likeness (QED) is 0.212. The van der Waals surface area contributed by atoms with Crippen molar-refractivity contribution in [3.63, 3.8) is 0 Å². The van der Waals surface area contributed by atoms with E-state index < -0.39 is 53.8 Å². The Morgan fingerprint density at radius 1 is 1.14 bits per heavy atom. The summed E-state index contributed by atoms with van der Waals surface area (Å²) in [6, 6.07) is 1.61. The molecule has 8 N–H and O–H groups in total. The van der Waals surface area contributed by atoms with E-state index in [2.05, 4.69) is 10.6 Å². The van der Waals surface area contributed by atoms with Gasteiger partial charge in [-0.3, -0.25) is 19.2 Å². The molecule has 198 valence electrons. The van der Waals surface area contributed by atoms with Crippen LogP contribution in [0.3, 0.4) is 0 Å². The lowest BCUT2D eigenvalue weighted by molar-refractivity contribution is -0.143. The Labute approximate surface area is 209 Å². The van der Waals surface area contributed by atoms with Crippen molar-refractivity contribution < 1.29 is 34.2 Å². The first kappa shape index (κ1) is 28.6. The number of carboxylic acids is 1. The molecule has 12 nitrogen and oxygen atoms in total. The van der Waals surface area contributed by atoms with Crippen LogP contribution in [0.2, 0.25) is 0 Å². The second-order valence-corrected chi connectivity index (χ2v) is 9.11. The van der Waals surface area contributed by atoms with Gasteiger partial charge in [-0.25, -0.2) is 4.79 Å². The molecule has 5 atom stereocenters. The molecule has 0 saturated carbocycles. The zero-order chi connectivity index (χ0) is 27.0. The highest BCUT2D eigenvalue weighted by atomic mass is 16.4. The van der Waals surface area contributed by atoms with Gasteiger partial charge in [0.2, 0.25) is 23.6 Å². The highest BCUT2D eigenvalue weighted by Crippen LogP contribution is 2.20. The molecule has 36 heavy (non-hydrogen) atoms. The van der Waals surface area contributed by atoms with Gasteiger partial charge in [0.05, 0.1) is 12.5 Å². The van der Waals surface area contributed by atoms with Gasteiger partial charge in [0.1, 0.15) is 23.9 Å². The molecule has 12 heteroatoms. The fraction of sp³-hybridized carbons (Fsp3) is 0.542. The molecule has 1 heterocycles. The first-order valence-electron chi connectivity index (χ1n) is 11.9. The zero-order valence-corrected chi connectivity index (χ0v) is 20.5. The first-order chi connectivity index (χ1) is 16.9. The third-order valence-electron chi connectivity index (χ3n) is 6.36. The number of hydrogen-bond acceptors (Lipinski definition) is 7. The van der Waals surface area contributed by atoms with Crippen LogP contribution < -0.4 is 22.1 Å². The number of aliphatic carboxylic acids is 1. The fourth-order valence-electron chi connectivity index (χ4n) is 4.10. The average molecular weight is 506 g/mol. The molecule has 1 aromatic carbocycles. The van der Waals surface area contributed by atoms with Gasteiger partial charge in [-0.2, -0.15) is 0 Å². The van der Waals surface area contributed by atoms with Crippen molar-refractivity contribution in [1.29, 1.82) is 0 Å². The normalized spacial score (nSPS) is 18.5. The van der Waals surface area contributed by atoms with Gasteiger partial charge in [0.25, 0.3) is 0 Å². The number of hydrogen-bond donors (Lipinski definition) is 6. The topological polar surface area (TPSA) is 205 Å². The SMILES string of the molecule is CC[C@H](C)[C@H](NC(=O)[C@@H]1CCCN1C(=O)[C@@H](N)CC(N)=O)C(=O)N[C@@H](Cc1ccc(O)cc1)C(=O)O. The Balaban J connectivity index is 2.13. The Morgan fingerprint density at radius 3 is 2.33 bits per heavy atom. The van der Waals surface area contributed by atoms with Crippen LogP contribution in [0.4, 0.5) is 0 Å². The van der Waals surface area contributed by atoms with Crippen LogP contribution in [-0.2, 0) is 30.4 Å². The summed E-state index contributed by atoms with van der Waals surface area (Å²) in [6.45, 7) is 3.86. The van der Waals surface area contributed by atoms with Crippen LogP contribution >= 0.6 is 0 Å². The molecule has 1 aromatic rings. The lowest BCUT2D eigenvalue weighted by atomic mass is 9.96. The average Bonchev–Trinajstić information content (AvgIpc) is 3.31. The van der Waals surface area contributed by atoms with Gasteiger partial charge in [0, 0.05) is 13.0 Å². The van der Waals surface area contributed by atoms with E-state index in [0.29, 0.717) is 24.8 Å². The number of phenols is 1. The maximum absolute atomic E-state index is 13.1. The molecule has 0 spiro atoms. The lowest BCUT2D eigenvalue weighted by Gasteiger charge is -2.30. The van der Waals surface area contributed by atoms with Crippen LogP contribution in [0.1, 0.15) is 45.1 Å². The summed E-state index contributed by atoms with van der Waals surface area (Å²) < 4.78 is 0. The number of carboxylic acid groups (broad SMARTS) is 1. The summed E-state index contributed by atoms with van der Waals surface area (Å²) in [4.78, 5) is 63.2. The molecular weight excluding hydrogens is 470 g/mol. The first-order valence-corrected chi connectivity index (χ1v) is 11.9. The summed E-state index contributed by atoms with van der Waals surface area (Å²) in [7, 11) is 0. The second kappa shape index (κ2) is 12.9. The molecule has 1 aliphatic rings. The fourth-order valence-corrected chi connectivity index (χ4v) is 4.10. The molecule has 0 aliphatic carbocycles. The zero-order valence-electron chi connectivity index (χ0n) is 20.5. The molecule has 0 bridgehead atoms. The number of likely N-dealkylation sites (tertiary alicyclic amines) is 1. The summed E-state index contributed by atoms with van der Waals surface area (Å²) in [6.07, 6.45) is 1.05. The van der Waals surface area contributed by atoms with E-state index in [4.69, 9.17) is 11.5 Å². The number of nitrogens with zero attached hydrogens (tertiary/aromatic N) is 1. The number of benzene rings is 1. The van der Waals surface area contributed by atoms with Gasteiger partial charge in [-0.1, -0.05) is 32.4 Å². The summed E-state index contributed by atoms with van der Waals surface area (Å²) in [5.41, 5.74) is 11.5. The number of carbonyl (C=O) groups is 5. The number of amides is 4. The van der Waals surface area contributed by atoms with Crippen LogP contribution in [0.5, 0.6) is 5.75 Å². The number of carbonyl (C=O) groups excluding carboxylic acids is 4. The number of nitrogens with two attached hydrogens (primary N) is 2. The molecule has 0 aromatic heterocycles. The summed E-state index contributed by atoms with van der Waals surface area (Å²) >= 11 is 0. The van der Waals surface area contributed by atoms with E-state index in [-0.39, 0.29) is 31.1 Å². The van der Waals surface area contributed by atoms with Crippen LogP contribution in [0, 0.1) is 5.92 Å². The highest BCUT2D eigenvalue weighted by molar-refractivity contribution is 5.95. The van der Waals surface area contributed by atoms with Crippen LogP contribution in [0.15, 0.2) is 24.3 Å². The molecule has 1 aliphatic heterocycles. The van der Waals surface area contributed by atoms with Gasteiger partial charge < -0.3 is 37.2 Å². The summed E-state index contributed by atoms with van der Waals surface area (Å²) in [5.74, 6) is -4.07. The Morgan fingerprint density at radius 2 is 1.78 bits per heavy atom. The molecule has 0 radical (unpaired) electrons. The van der Waals surface area contributed by atoms with E-state index in [0.717, 1.165) is 0 Å². The predicted molar refractivity (Wildman–Crippen MR) is 129 cm³/mol. The Hall–Kier alpha value is -3.67. The van der Waals surface area contributed by atoms with Crippen molar-refractivity contribution in [1.82, 2.24) is 15.5 Å². The van der Waals surface area contributed by atoms with E-state index in [1.165, 1.54) is 17.0 Å². The predicted octanol–water partition coefficient (Wildman–Crippen LogP) is -0.771. The number of nitrogens with one attached hydrogen (secondary N) is 2. The molecule has 1 fully saturated rings. The minimum absolute atomic E-state index is 0.0226. The van der Waals surface area contributed by atoms with Crippen molar-refractivity contribution in [2.24, 2.45) is 17.4 Å². The smallest absolute Gasteiger partial charge is 0.326 e. The Kier molecular flexibility index (Phi) is 10.2. The minimum atomic E-state index is -1.26. The van der Waals surface area contributed by atoms with E-state index in [9.17, 15) is 34.2 Å². The van der Waals surface area contributed by atoms with E-state index >= 15 is 0 Å². The third-order valence-corrected chi connectivity index (χ3v) is 6.36. The van der Waals surface area contributed by atoms with Crippen molar-refractivity contribution >= 4 is 29.6 Å². The molecule has 4 amide bonds. The standard InChI is InChI=1S/C24H35N5O7/c1-3-13(2)20(22(33)27-17(24(35)36)11-14-6-8-15(30)9-7-14)28-21(32)18-5-4-10-29(18)23(34)16(25)12-19(26)31/h6-9,13,16-18,20,30H,3-5,10-12,25H2,1-2H3,(H2,26,31)(H,27,33)(H,28,32)(H,35,36)/t13-,16-,17-,18-,20-/m0/s1. The molecule has 2 rings (SSSR count). The van der Waals surface area contributed by atoms with Crippen molar-refractivity contribution in [2.75, 3.05) is 6.54 Å². The van der Waals surface area contributed by atoms with Crippen LogP contribution in [-0.4, -0.2) is 75.4 Å². The largest absolute Gasteiger partial charge is 0.508 e. The van der Waals surface area contributed by atoms with Crippen molar-refractivity contribution in [3.8, 4) is 5.75 Å². The van der Waals surface area contributed by atoms with Gasteiger partial charge >= 0.3 is 5.97 Å². The van der Waals surface area contributed by atoms with Crippen LogP contribution in [0.25, 0.3) is 0 Å². The number of aromatic hydroxyl groups is 1. The highest BCUT2D eigenvalue weighted by Gasteiger charge is 2.39. The van der Waals surface area contributed by atoms with Crippen molar-refractivity contribution in [3.05, 3.63) is 29.8 Å². The van der Waals surface area contributed by atoms with Gasteiger partial charge in [-0.15, -0.1) is 0 Å². The third kappa shape index (κ3) is 7.67. The van der Waals surface area contributed by atoms with E-state index in [1.54, 1.807) is 19.1 Å². The Bertz CT molecular complexity index is 968. The lowest BCUT2D eigenvalue weighted by Crippen LogP contribution is -2.58. The number of primary amides is 1. The molecular formula is C24H35N5O7.